The molecule has 9 nitrogen and oxygen atoms in total. The summed E-state index contributed by atoms with van der Waals surface area (Å²) in [5, 5.41) is 2.55. The molecule has 4 heterocycles. The highest BCUT2D eigenvalue weighted by molar-refractivity contribution is 5.89. The second-order valence-electron chi connectivity index (χ2n) is 10.3. The lowest BCUT2D eigenvalue weighted by Crippen LogP contribution is -2.49. The monoisotopic (exact) mass is 502 g/mol. The molecule has 2 bridgehead atoms. The molecule has 9 heteroatoms. The fraction of sp³-hybridized carbons (Fsp3) is 0.429. The van der Waals surface area contributed by atoms with Crippen molar-refractivity contribution in [2.45, 2.75) is 57.5 Å². The first-order valence-electron chi connectivity index (χ1n) is 12.8. The molecule has 0 radical (unpaired) electrons. The number of benzene rings is 2. The first-order chi connectivity index (χ1) is 17.9. The zero-order valence-corrected chi connectivity index (χ0v) is 21.0. The number of ketones is 1. The van der Waals surface area contributed by atoms with E-state index < -0.39 is 6.09 Å². The van der Waals surface area contributed by atoms with Gasteiger partial charge in [-0.15, -0.1) is 0 Å². The number of Topliss-reactive ketones (excluding diaryl/α,β-unsaturated/α-hetero) is 1. The third-order valence-electron chi connectivity index (χ3n) is 7.90. The van der Waals surface area contributed by atoms with Gasteiger partial charge in [0, 0.05) is 30.8 Å². The molecule has 0 aliphatic carbocycles. The van der Waals surface area contributed by atoms with Crippen LogP contribution in [0.25, 0.3) is 22.2 Å². The van der Waals surface area contributed by atoms with Crippen molar-refractivity contribution in [1.82, 2.24) is 14.9 Å². The van der Waals surface area contributed by atoms with Gasteiger partial charge in [0.15, 0.2) is 0 Å². The van der Waals surface area contributed by atoms with Crippen molar-refractivity contribution in [1.29, 1.82) is 0 Å². The molecule has 2 amide bonds. The second kappa shape index (κ2) is 9.21. The summed E-state index contributed by atoms with van der Waals surface area (Å²) < 4.78 is 10.8. The Morgan fingerprint density at radius 3 is 2.62 bits per heavy atom. The normalized spacial score (nSPS) is 22.8. The van der Waals surface area contributed by atoms with Crippen molar-refractivity contribution < 1.29 is 23.9 Å². The van der Waals surface area contributed by atoms with Gasteiger partial charge in [0.2, 0.25) is 11.9 Å². The molecule has 0 saturated carbocycles. The first kappa shape index (κ1) is 23.5. The highest BCUT2D eigenvalue weighted by Gasteiger charge is 2.44. The molecule has 192 valence electrons. The Labute approximate surface area is 214 Å². The average molecular weight is 503 g/mol. The molecular formula is C28H30N4O5. The number of carbonyl (C=O) groups excluding carboxylic acids is 3. The van der Waals surface area contributed by atoms with E-state index in [1.807, 2.05) is 30.0 Å². The standard InChI is InChI=1S/C28H30N4O5/c1-15-9-18(16-3-6-23-24(12-16)30-27(29-23)31-28(35)36-2)11-19-10-17(7-8-37-25(15)19)26(34)32-20-4-5-21(32)14-22(33)13-20/h3,6,9,11-12,17,20-21H,4-5,7-8,10,13-14H2,1-2H3,(H2,29,30,31,35). The van der Waals surface area contributed by atoms with Crippen molar-refractivity contribution in [2.24, 2.45) is 5.92 Å². The fourth-order valence-electron chi connectivity index (χ4n) is 6.19. The van der Waals surface area contributed by atoms with E-state index in [2.05, 4.69) is 32.2 Å². The zero-order chi connectivity index (χ0) is 25.7. The largest absolute Gasteiger partial charge is 0.493 e. The Kier molecular flexibility index (Phi) is 5.85. The maximum atomic E-state index is 13.7. The van der Waals surface area contributed by atoms with E-state index in [1.165, 1.54) is 7.11 Å². The Morgan fingerprint density at radius 1 is 1.08 bits per heavy atom. The van der Waals surface area contributed by atoms with Crippen LogP contribution < -0.4 is 10.1 Å². The third kappa shape index (κ3) is 4.32. The number of H-pyrrole nitrogens is 1. The number of carbonyl (C=O) groups is 3. The van der Waals surface area contributed by atoms with Gasteiger partial charge in [-0.1, -0.05) is 6.07 Å². The van der Waals surface area contributed by atoms with Gasteiger partial charge in [-0.3, -0.25) is 14.9 Å². The molecule has 2 fully saturated rings. The highest BCUT2D eigenvalue weighted by Crippen LogP contribution is 2.39. The van der Waals surface area contributed by atoms with Crippen LogP contribution in [0, 0.1) is 12.8 Å². The fourth-order valence-corrected chi connectivity index (χ4v) is 6.19. The van der Waals surface area contributed by atoms with Crippen LogP contribution in [0.3, 0.4) is 0 Å². The lowest BCUT2D eigenvalue weighted by atomic mass is 9.90. The minimum absolute atomic E-state index is 0.0650. The lowest BCUT2D eigenvalue weighted by Gasteiger charge is -2.36. The molecule has 3 atom stereocenters. The number of aromatic nitrogens is 2. The lowest BCUT2D eigenvalue weighted by molar-refractivity contribution is -0.142. The number of hydrogen-bond acceptors (Lipinski definition) is 6. The molecular weight excluding hydrogens is 472 g/mol. The summed E-state index contributed by atoms with van der Waals surface area (Å²) in [4.78, 5) is 46.8. The first-order valence-corrected chi connectivity index (χ1v) is 12.8. The number of aromatic amines is 1. The van der Waals surface area contributed by atoms with Crippen molar-refractivity contribution in [3.05, 3.63) is 41.5 Å². The van der Waals surface area contributed by atoms with E-state index >= 15 is 0 Å². The number of nitrogens with zero attached hydrogens (tertiary/aromatic N) is 2. The number of piperidine rings is 1. The second-order valence-corrected chi connectivity index (χ2v) is 10.3. The van der Waals surface area contributed by atoms with Crippen LogP contribution in [0.15, 0.2) is 30.3 Å². The van der Waals surface area contributed by atoms with E-state index in [0.717, 1.165) is 51.9 Å². The summed E-state index contributed by atoms with van der Waals surface area (Å²) in [5.74, 6) is 1.48. The number of rotatable bonds is 3. The minimum atomic E-state index is -0.589. The molecule has 3 aliphatic heterocycles. The number of hydrogen-bond donors (Lipinski definition) is 2. The third-order valence-corrected chi connectivity index (χ3v) is 7.90. The van der Waals surface area contributed by atoms with Crippen LogP contribution in [0.5, 0.6) is 5.75 Å². The molecule has 3 aliphatic rings. The van der Waals surface area contributed by atoms with Crippen LogP contribution in [0.4, 0.5) is 10.7 Å². The van der Waals surface area contributed by atoms with Crippen molar-refractivity contribution in [3.8, 4) is 16.9 Å². The highest BCUT2D eigenvalue weighted by atomic mass is 16.5. The van der Waals surface area contributed by atoms with E-state index in [-0.39, 0.29) is 29.7 Å². The number of imidazole rings is 1. The number of anilines is 1. The topological polar surface area (TPSA) is 114 Å². The smallest absolute Gasteiger partial charge is 0.413 e. The Hall–Kier alpha value is -3.88. The molecule has 2 saturated heterocycles. The summed E-state index contributed by atoms with van der Waals surface area (Å²) >= 11 is 0. The quantitative estimate of drug-likeness (QED) is 0.550. The SMILES string of the molecule is COC(=O)Nc1nc2ccc(-c3cc(C)c4c(c3)CC(C(=O)N3C5CCC3CC(=O)C5)CCO4)cc2[nH]1. The van der Waals surface area contributed by atoms with Gasteiger partial charge >= 0.3 is 6.09 Å². The van der Waals surface area contributed by atoms with E-state index in [4.69, 9.17) is 4.74 Å². The predicted molar refractivity (Wildman–Crippen MR) is 137 cm³/mol. The summed E-state index contributed by atoms with van der Waals surface area (Å²) in [6, 6.07) is 10.2. The number of ether oxygens (including phenoxy) is 2. The van der Waals surface area contributed by atoms with Crippen LogP contribution in [-0.4, -0.2) is 58.5 Å². The molecule has 2 aromatic carbocycles. The molecule has 0 spiro atoms. The van der Waals surface area contributed by atoms with Gasteiger partial charge in [-0.25, -0.2) is 9.78 Å². The Bertz CT molecular complexity index is 1400. The number of nitrogens with one attached hydrogen (secondary N) is 2. The van der Waals surface area contributed by atoms with Crippen LogP contribution in [0.2, 0.25) is 0 Å². The van der Waals surface area contributed by atoms with Gasteiger partial charge in [0.05, 0.1) is 24.8 Å². The van der Waals surface area contributed by atoms with Gasteiger partial charge in [0.1, 0.15) is 11.5 Å². The van der Waals surface area contributed by atoms with Gasteiger partial charge < -0.3 is 19.4 Å². The van der Waals surface area contributed by atoms with Crippen molar-refractivity contribution >= 4 is 34.8 Å². The molecule has 1 aromatic heterocycles. The van der Waals surface area contributed by atoms with Crippen LogP contribution in [0.1, 0.15) is 43.2 Å². The average Bonchev–Trinajstić information content (AvgIpc) is 3.30. The minimum Gasteiger partial charge on any atom is -0.493 e. The predicted octanol–water partition coefficient (Wildman–Crippen LogP) is 4.38. The molecule has 3 aromatic rings. The number of aryl methyl sites for hydroxylation is 1. The van der Waals surface area contributed by atoms with E-state index in [9.17, 15) is 14.4 Å². The maximum absolute atomic E-state index is 13.7. The van der Waals surface area contributed by atoms with Crippen LogP contribution >= 0.6 is 0 Å². The Balaban J connectivity index is 1.28. The number of methoxy groups -OCH3 is 1. The number of amides is 2. The summed E-state index contributed by atoms with van der Waals surface area (Å²) in [6.45, 7) is 2.54. The van der Waals surface area contributed by atoms with Crippen LogP contribution in [-0.2, 0) is 20.7 Å². The van der Waals surface area contributed by atoms with Gasteiger partial charge in [0.25, 0.3) is 0 Å². The zero-order valence-electron chi connectivity index (χ0n) is 21.0. The van der Waals surface area contributed by atoms with E-state index in [1.54, 1.807) is 0 Å². The van der Waals surface area contributed by atoms with Gasteiger partial charge in [-0.2, -0.15) is 0 Å². The summed E-state index contributed by atoms with van der Waals surface area (Å²) in [6.07, 6.45) is 3.55. The summed E-state index contributed by atoms with van der Waals surface area (Å²) in [5.41, 5.74) is 5.59. The van der Waals surface area contributed by atoms with Gasteiger partial charge in [-0.05, 0) is 79.1 Å². The van der Waals surface area contributed by atoms with Crippen molar-refractivity contribution in [2.75, 3.05) is 19.0 Å². The molecule has 6 rings (SSSR count). The summed E-state index contributed by atoms with van der Waals surface area (Å²) in [7, 11) is 1.30. The Morgan fingerprint density at radius 2 is 1.86 bits per heavy atom. The maximum Gasteiger partial charge on any atom is 0.413 e. The van der Waals surface area contributed by atoms with Crippen molar-refractivity contribution in [3.63, 3.8) is 0 Å². The molecule has 3 unspecified atom stereocenters. The molecule has 37 heavy (non-hydrogen) atoms. The number of fused-ring (bicyclic) bond motifs is 4. The van der Waals surface area contributed by atoms with E-state index in [0.29, 0.717) is 38.2 Å². The molecule has 2 N–H and O–H groups in total.